The molecule has 0 aliphatic carbocycles. The second kappa shape index (κ2) is 9.90. The minimum Gasteiger partial charge on any atom is -0.374 e. The maximum absolute atomic E-state index is 5.67. The highest BCUT2D eigenvalue weighted by molar-refractivity contribution is 5.13. The molecule has 4 nitrogen and oxygen atoms in total. The third kappa shape index (κ3) is 7.05. The van der Waals surface area contributed by atoms with E-state index in [4.69, 9.17) is 18.9 Å². The standard InChI is InChI=1S/C17H26O4/c1-15(13-18-14-16-7-3-2-4-8-16)19-11-12-21-17-9-5-6-10-20-17/h2-4,7-8,15,17H,5-6,9-14H2,1H3/t15-,17?/m0/s1. The van der Waals surface area contributed by atoms with Crippen molar-refractivity contribution in [1.82, 2.24) is 0 Å². The first kappa shape index (κ1) is 16.4. The number of hydrogen-bond acceptors (Lipinski definition) is 4. The van der Waals surface area contributed by atoms with Crippen LogP contribution >= 0.6 is 0 Å². The van der Waals surface area contributed by atoms with Gasteiger partial charge < -0.3 is 18.9 Å². The molecule has 0 aromatic heterocycles. The van der Waals surface area contributed by atoms with E-state index in [-0.39, 0.29) is 12.4 Å². The number of rotatable bonds is 9. The number of benzene rings is 1. The summed E-state index contributed by atoms with van der Waals surface area (Å²) in [5, 5.41) is 0. The summed E-state index contributed by atoms with van der Waals surface area (Å²) in [7, 11) is 0. The molecule has 1 fully saturated rings. The van der Waals surface area contributed by atoms with E-state index in [0.29, 0.717) is 26.4 Å². The summed E-state index contributed by atoms with van der Waals surface area (Å²) < 4.78 is 22.4. The molecule has 4 heteroatoms. The van der Waals surface area contributed by atoms with E-state index in [9.17, 15) is 0 Å². The van der Waals surface area contributed by atoms with Gasteiger partial charge in [0.1, 0.15) is 0 Å². The van der Waals surface area contributed by atoms with Crippen LogP contribution in [0.5, 0.6) is 0 Å². The van der Waals surface area contributed by atoms with Gasteiger partial charge in [-0.3, -0.25) is 0 Å². The average Bonchev–Trinajstić information content (AvgIpc) is 2.54. The lowest BCUT2D eigenvalue weighted by Crippen LogP contribution is -2.25. The molecule has 2 rings (SSSR count). The van der Waals surface area contributed by atoms with Crippen molar-refractivity contribution in [3.63, 3.8) is 0 Å². The van der Waals surface area contributed by atoms with Crippen molar-refractivity contribution in [3.05, 3.63) is 35.9 Å². The van der Waals surface area contributed by atoms with Gasteiger partial charge in [0.05, 0.1) is 32.5 Å². The van der Waals surface area contributed by atoms with E-state index >= 15 is 0 Å². The van der Waals surface area contributed by atoms with E-state index in [2.05, 4.69) is 12.1 Å². The third-order valence-corrected chi connectivity index (χ3v) is 3.39. The zero-order chi connectivity index (χ0) is 14.8. The van der Waals surface area contributed by atoms with Crippen LogP contribution in [-0.4, -0.2) is 38.8 Å². The Morgan fingerprint density at radius 2 is 2.05 bits per heavy atom. The van der Waals surface area contributed by atoms with Gasteiger partial charge in [0.25, 0.3) is 0 Å². The molecule has 118 valence electrons. The van der Waals surface area contributed by atoms with Crippen molar-refractivity contribution >= 4 is 0 Å². The van der Waals surface area contributed by atoms with Crippen LogP contribution in [0.1, 0.15) is 31.7 Å². The summed E-state index contributed by atoms with van der Waals surface area (Å²) in [5.74, 6) is 0. The lowest BCUT2D eigenvalue weighted by molar-refractivity contribution is -0.172. The van der Waals surface area contributed by atoms with Gasteiger partial charge in [0.2, 0.25) is 0 Å². The first-order valence-electron chi connectivity index (χ1n) is 7.81. The average molecular weight is 294 g/mol. The highest BCUT2D eigenvalue weighted by Crippen LogP contribution is 2.13. The van der Waals surface area contributed by atoms with Gasteiger partial charge in [0, 0.05) is 6.61 Å². The van der Waals surface area contributed by atoms with E-state index in [1.807, 2.05) is 25.1 Å². The molecule has 0 bridgehead atoms. The Bertz CT molecular complexity index is 362. The Morgan fingerprint density at radius 1 is 1.19 bits per heavy atom. The largest absolute Gasteiger partial charge is 0.374 e. The summed E-state index contributed by atoms with van der Waals surface area (Å²) in [6, 6.07) is 10.2. The summed E-state index contributed by atoms with van der Waals surface area (Å²) in [6.45, 7) is 5.20. The SMILES string of the molecule is C[C@@H](COCc1ccccc1)OCCOC1CCCCO1. The first-order valence-corrected chi connectivity index (χ1v) is 7.81. The van der Waals surface area contributed by atoms with Gasteiger partial charge in [-0.1, -0.05) is 30.3 Å². The van der Waals surface area contributed by atoms with Gasteiger partial charge in [-0.25, -0.2) is 0 Å². The van der Waals surface area contributed by atoms with Gasteiger partial charge >= 0.3 is 0 Å². The Balaban J connectivity index is 1.46. The molecule has 1 aromatic rings. The van der Waals surface area contributed by atoms with Crippen LogP contribution in [0.15, 0.2) is 30.3 Å². The molecule has 0 N–H and O–H groups in total. The van der Waals surface area contributed by atoms with Crippen LogP contribution in [0.25, 0.3) is 0 Å². The smallest absolute Gasteiger partial charge is 0.157 e. The zero-order valence-electron chi connectivity index (χ0n) is 12.8. The van der Waals surface area contributed by atoms with Crippen molar-refractivity contribution in [3.8, 4) is 0 Å². The Labute approximate surface area is 127 Å². The third-order valence-electron chi connectivity index (χ3n) is 3.39. The minimum absolute atomic E-state index is 0.0352. The monoisotopic (exact) mass is 294 g/mol. The van der Waals surface area contributed by atoms with Gasteiger partial charge in [-0.2, -0.15) is 0 Å². The van der Waals surface area contributed by atoms with Crippen molar-refractivity contribution in [2.45, 2.75) is 45.2 Å². The van der Waals surface area contributed by atoms with Crippen LogP contribution in [0.4, 0.5) is 0 Å². The molecule has 1 unspecified atom stereocenters. The van der Waals surface area contributed by atoms with E-state index in [1.165, 1.54) is 12.0 Å². The highest BCUT2D eigenvalue weighted by Gasteiger charge is 2.13. The van der Waals surface area contributed by atoms with Crippen LogP contribution in [0, 0.1) is 0 Å². The molecule has 0 spiro atoms. The first-order chi connectivity index (χ1) is 10.3. The predicted octanol–water partition coefficient (Wildman–Crippen LogP) is 3.15. The number of ether oxygens (including phenoxy) is 4. The normalized spacial score (nSPS) is 20.3. The maximum Gasteiger partial charge on any atom is 0.157 e. The predicted molar refractivity (Wildman–Crippen MR) is 81.1 cm³/mol. The lowest BCUT2D eigenvalue weighted by atomic mass is 10.2. The van der Waals surface area contributed by atoms with Crippen LogP contribution in [-0.2, 0) is 25.6 Å². The molecular weight excluding hydrogens is 268 g/mol. The molecule has 1 heterocycles. The van der Waals surface area contributed by atoms with Crippen molar-refractivity contribution in [2.24, 2.45) is 0 Å². The van der Waals surface area contributed by atoms with Crippen molar-refractivity contribution in [2.75, 3.05) is 26.4 Å². The highest BCUT2D eigenvalue weighted by atomic mass is 16.7. The van der Waals surface area contributed by atoms with E-state index < -0.39 is 0 Å². The van der Waals surface area contributed by atoms with E-state index in [0.717, 1.165) is 19.4 Å². The molecule has 1 aliphatic heterocycles. The molecule has 0 radical (unpaired) electrons. The quantitative estimate of drug-likeness (QED) is 0.656. The topological polar surface area (TPSA) is 36.9 Å². The molecular formula is C17H26O4. The molecule has 1 saturated heterocycles. The second-order valence-electron chi connectivity index (χ2n) is 5.35. The van der Waals surface area contributed by atoms with E-state index in [1.54, 1.807) is 0 Å². The van der Waals surface area contributed by atoms with Crippen LogP contribution < -0.4 is 0 Å². The van der Waals surface area contributed by atoms with Gasteiger partial charge in [-0.15, -0.1) is 0 Å². The van der Waals surface area contributed by atoms with Crippen molar-refractivity contribution in [1.29, 1.82) is 0 Å². The Kier molecular flexibility index (Phi) is 7.75. The summed E-state index contributed by atoms with van der Waals surface area (Å²) in [4.78, 5) is 0. The fraction of sp³-hybridized carbons (Fsp3) is 0.647. The van der Waals surface area contributed by atoms with Gasteiger partial charge in [-0.05, 0) is 31.7 Å². The number of hydrogen-bond donors (Lipinski definition) is 0. The summed E-state index contributed by atoms with van der Waals surface area (Å²) >= 11 is 0. The van der Waals surface area contributed by atoms with Crippen molar-refractivity contribution < 1.29 is 18.9 Å². The molecule has 21 heavy (non-hydrogen) atoms. The van der Waals surface area contributed by atoms with Crippen LogP contribution in [0.3, 0.4) is 0 Å². The maximum atomic E-state index is 5.67. The fourth-order valence-electron chi connectivity index (χ4n) is 2.24. The van der Waals surface area contributed by atoms with Crippen LogP contribution in [0.2, 0.25) is 0 Å². The Hall–Kier alpha value is -0.940. The Morgan fingerprint density at radius 3 is 2.81 bits per heavy atom. The van der Waals surface area contributed by atoms with Gasteiger partial charge in [0.15, 0.2) is 6.29 Å². The lowest BCUT2D eigenvalue weighted by Gasteiger charge is -2.23. The zero-order valence-corrected chi connectivity index (χ0v) is 12.8. The second-order valence-corrected chi connectivity index (χ2v) is 5.35. The molecule has 2 atom stereocenters. The molecule has 0 amide bonds. The molecule has 1 aliphatic rings. The molecule has 1 aromatic carbocycles. The summed E-state index contributed by atoms with van der Waals surface area (Å²) in [6.07, 6.45) is 3.37. The summed E-state index contributed by atoms with van der Waals surface area (Å²) in [5.41, 5.74) is 1.18. The molecule has 0 saturated carbocycles. The minimum atomic E-state index is -0.0352. The fourth-order valence-corrected chi connectivity index (χ4v) is 2.24.